The molecule has 1 saturated heterocycles. The Balaban J connectivity index is 1.48. The SMILES string of the molecule is CCn1c(=O)oc2c(C)cc(-c3ccc(C[C@@H](C#N)NC(=O)C4CNCCCO4)cc3)cc21. The summed E-state index contributed by atoms with van der Waals surface area (Å²) in [6, 6.07) is 13.4. The summed E-state index contributed by atoms with van der Waals surface area (Å²) < 4.78 is 12.6. The normalized spacial score (nSPS) is 17.3. The minimum atomic E-state index is -0.640. The summed E-state index contributed by atoms with van der Waals surface area (Å²) >= 11 is 0. The van der Waals surface area contributed by atoms with Gasteiger partial charge in [0.15, 0.2) is 5.58 Å². The van der Waals surface area contributed by atoms with Gasteiger partial charge in [0.05, 0.1) is 11.6 Å². The van der Waals surface area contributed by atoms with E-state index in [1.54, 1.807) is 4.57 Å². The van der Waals surface area contributed by atoms with Crippen LogP contribution in [0.25, 0.3) is 22.2 Å². The highest BCUT2D eigenvalue weighted by Crippen LogP contribution is 2.27. The van der Waals surface area contributed by atoms with Gasteiger partial charge in [0.2, 0.25) is 0 Å². The Morgan fingerprint density at radius 1 is 1.30 bits per heavy atom. The zero-order valence-electron chi connectivity index (χ0n) is 18.9. The number of amides is 1. The summed E-state index contributed by atoms with van der Waals surface area (Å²) in [7, 11) is 0. The van der Waals surface area contributed by atoms with Gasteiger partial charge in [-0.05, 0) is 61.2 Å². The fourth-order valence-corrected chi connectivity index (χ4v) is 4.14. The smallest absolute Gasteiger partial charge is 0.407 e. The lowest BCUT2D eigenvalue weighted by molar-refractivity contribution is -0.132. The van der Waals surface area contributed by atoms with Crippen LogP contribution in [0.15, 0.2) is 45.6 Å². The lowest BCUT2D eigenvalue weighted by Gasteiger charge is -2.18. The van der Waals surface area contributed by atoms with Crippen molar-refractivity contribution in [2.75, 3.05) is 19.7 Å². The third kappa shape index (κ3) is 5.00. The molecule has 1 aromatic heterocycles. The van der Waals surface area contributed by atoms with E-state index < -0.39 is 12.1 Å². The van der Waals surface area contributed by atoms with E-state index >= 15 is 0 Å². The average molecular weight is 449 g/mol. The second-order valence-electron chi connectivity index (χ2n) is 8.26. The minimum absolute atomic E-state index is 0.265. The van der Waals surface area contributed by atoms with E-state index in [-0.39, 0.29) is 11.7 Å². The molecule has 8 nitrogen and oxygen atoms in total. The summed E-state index contributed by atoms with van der Waals surface area (Å²) in [5.41, 5.74) is 5.22. The van der Waals surface area contributed by atoms with Gasteiger partial charge in [-0.1, -0.05) is 24.3 Å². The van der Waals surface area contributed by atoms with Crippen LogP contribution in [0, 0.1) is 18.3 Å². The maximum absolute atomic E-state index is 12.5. The van der Waals surface area contributed by atoms with Gasteiger partial charge in [0.1, 0.15) is 12.1 Å². The van der Waals surface area contributed by atoms with Gasteiger partial charge in [0.25, 0.3) is 5.91 Å². The molecule has 1 fully saturated rings. The first-order valence-corrected chi connectivity index (χ1v) is 11.3. The molecule has 33 heavy (non-hydrogen) atoms. The summed E-state index contributed by atoms with van der Waals surface area (Å²) in [5.74, 6) is -0.615. The molecule has 2 atom stereocenters. The number of nitrogens with one attached hydrogen (secondary N) is 2. The zero-order chi connectivity index (χ0) is 23.4. The number of hydrogen-bond acceptors (Lipinski definition) is 6. The number of aromatic nitrogens is 1. The number of rotatable bonds is 6. The van der Waals surface area contributed by atoms with Gasteiger partial charge < -0.3 is 19.8 Å². The Labute approximate surface area is 192 Å². The molecule has 172 valence electrons. The van der Waals surface area contributed by atoms with Crippen molar-refractivity contribution < 1.29 is 13.9 Å². The number of ether oxygens (including phenoxy) is 1. The second kappa shape index (κ2) is 10.0. The molecule has 2 aromatic carbocycles. The van der Waals surface area contributed by atoms with Crippen LogP contribution in [0.1, 0.15) is 24.5 Å². The Morgan fingerprint density at radius 3 is 2.82 bits per heavy atom. The monoisotopic (exact) mass is 448 g/mol. The van der Waals surface area contributed by atoms with E-state index in [0.29, 0.717) is 31.7 Å². The molecule has 4 rings (SSSR count). The van der Waals surface area contributed by atoms with E-state index in [1.807, 2.05) is 50.2 Å². The molecule has 1 unspecified atom stereocenters. The number of carbonyl (C=O) groups excluding carboxylic acids is 1. The largest absolute Gasteiger partial charge is 0.419 e. The van der Waals surface area contributed by atoms with Crippen molar-refractivity contribution in [3.05, 3.63) is 58.1 Å². The van der Waals surface area contributed by atoms with Crippen LogP contribution < -0.4 is 16.4 Å². The molecule has 0 radical (unpaired) electrons. The zero-order valence-corrected chi connectivity index (χ0v) is 18.9. The molecule has 0 spiro atoms. The number of nitriles is 1. The first-order valence-electron chi connectivity index (χ1n) is 11.3. The van der Waals surface area contributed by atoms with Crippen molar-refractivity contribution in [2.45, 2.75) is 45.4 Å². The van der Waals surface area contributed by atoms with Crippen LogP contribution in [-0.2, 0) is 22.5 Å². The fraction of sp³-hybridized carbons (Fsp3) is 0.400. The number of hydrogen-bond donors (Lipinski definition) is 2. The van der Waals surface area contributed by atoms with Gasteiger partial charge in [-0.15, -0.1) is 0 Å². The molecule has 0 saturated carbocycles. The standard InChI is InChI=1S/C25H28N4O4/c1-3-29-21-13-19(11-16(2)23(21)33-25(29)31)18-7-5-17(6-8-18)12-20(14-26)28-24(30)22-15-27-9-4-10-32-22/h5-8,11,13,20,22,27H,3-4,9-10,12,15H2,1-2H3,(H,28,30)/t20-,22?/m0/s1. The van der Waals surface area contributed by atoms with Crippen molar-refractivity contribution in [1.29, 1.82) is 5.26 Å². The fourth-order valence-electron chi connectivity index (χ4n) is 4.14. The van der Waals surface area contributed by atoms with E-state index in [1.165, 1.54) is 0 Å². The number of fused-ring (bicyclic) bond motifs is 1. The molecular weight excluding hydrogens is 420 g/mol. The van der Waals surface area contributed by atoms with Crippen molar-refractivity contribution >= 4 is 17.0 Å². The van der Waals surface area contributed by atoms with Crippen molar-refractivity contribution in [3.8, 4) is 17.2 Å². The van der Waals surface area contributed by atoms with E-state index in [9.17, 15) is 14.9 Å². The topological polar surface area (TPSA) is 109 Å². The molecule has 2 N–H and O–H groups in total. The molecule has 2 heterocycles. The lowest BCUT2D eigenvalue weighted by atomic mass is 9.99. The van der Waals surface area contributed by atoms with Crippen molar-refractivity contribution in [2.24, 2.45) is 0 Å². The highest BCUT2D eigenvalue weighted by atomic mass is 16.5. The minimum Gasteiger partial charge on any atom is -0.407 e. The summed E-state index contributed by atoms with van der Waals surface area (Å²) in [4.78, 5) is 24.6. The predicted octanol–water partition coefficient (Wildman–Crippen LogP) is 2.52. The highest BCUT2D eigenvalue weighted by molar-refractivity contribution is 5.84. The molecular formula is C25H28N4O4. The second-order valence-corrected chi connectivity index (χ2v) is 8.26. The Hall–Kier alpha value is -3.41. The van der Waals surface area contributed by atoms with Crippen LogP contribution in [0.2, 0.25) is 0 Å². The van der Waals surface area contributed by atoms with Gasteiger partial charge >= 0.3 is 5.76 Å². The predicted molar refractivity (Wildman–Crippen MR) is 125 cm³/mol. The number of nitrogens with zero attached hydrogens (tertiary/aromatic N) is 2. The Bertz CT molecular complexity index is 1230. The Morgan fingerprint density at radius 2 is 2.09 bits per heavy atom. The molecule has 0 bridgehead atoms. The highest BCUT2D eigenvalue weighted by Gasteiger charge is 2.23. The third-order valence-corrected chi connectivity index (χ3v) is 5.91. The number of carbonyl (C=O) groups is 1. The molecule has 3 aromatic rings. The van der Waals surface area contributed by atoms with Crippen molar-refractivity contribution in [1.82, 2.24) is 15.2 Å². The quantitative estimate of drug-likeness (QED) is 0.600. The van der Waals surface area contributed by atoms with E-state index in [4.69, 9.17) is 9.15 Å². The van der Waals surface area contributed by atoms with Gasteiger partial charge in [-0.25, -0.2) is 4.79 Å². The van der Waals surface area contributed by atoms with Crippen LogP contribution >= 0.6 is 0 Å². The number of benzene rings is 2. The summed E-state index contributed by atoms with van der Waals surface area (Å²) in [6.45, 7) is 6.18. The third-order valence-electron chi connectivity index (χ3n) is 5.91. The average Bonchev–Trinajstić information content (AvgIpc) is 2.97. The van der Waals surface area contributed by atoms with Crippen LogP contribution in [0.5, 0.6) is 0 Å². The maximum atomic E-state index is 12.5. The molecule has 0 aliphatic carbocycles. The summed E-state index contributed by atoms with van der Waals surface area (Å²) in [6.07, 6.45) is 0.687. The molecule has 8 heteroatoms. The van der Waals surface area contributed by atoms with Gasteiger partial charge in [-0.3, -0.25) is 9.36 Å². The maximum Gasteiger partial charge on any atom is 0.419 e. The first kappa shape index (κ1) is 22.8. The van der Waals surface area contributed by atoms with Crippen LogP contribution in [0.3, 0.4) is 0 Å². The van der Waals surface area contributed by atoms with Gasteiger partial charge in [0, 0.05) is 26.1 Å². The number of oxazole rings is 1. The van der Waals surface area contributed by atoms with E-state index in [0.717, 1.165) is 40.7 Å². The Kier molecular flexibility index (Phi) is 6.92. The van der Waals surface area contributed by atoms with Crippen molar-refractivity contribution in [3.63, 3.8) is 0 Å². The lowest BCUT2D eigenvalue weighted by Crippen LogP contribution is -2.46. The molecule has 1 aliphatic heterocycles. The van der Waals surface area contributed by atoms with Crippen LogP contribution in [0.4, 0.5) is 0 Å². The molecule has 1 aliphatic rings. The summed E-state index contributed by atoms with van der Waals surface area (Å²) in [5, 5.41) is 15.5. The van der Waals surface area contributed by atoms with Crippen LogP contribution in [-0.4, -0.2) is 42.3 Å². The number of aryl methyl sites for hydroxylation is 2. The first-order chi connectivity index (χ1) is 16.0. The molecule has 1 amide bonds. The van der Waals surface area contributed by atoms with Gasteiger partial charge in [-0.2, -0.15) is 5.26 Å². The van der Waals surface area contributed by atoms with E-state index in [2.05, 4.69) is 16.7 Å².